The molecule has 2 heterocycles. The number of hydrogen-bond acceptors (Lipinski definition) is 4. The Morgan fingerprint density at radius 3 is 2.71 bits per heavy atom. The lowest BCUT2D eigenvalue weighted by Crippen LogP contribution is -2.43. The van der Waals surface area contributed by atoms with Crippen LogP contribution in [0.1, 0.15) is 31.2 Å². The minimum absolute atomic E-state index is 0.0730. The summed E-state index contributed by atoms with van der Waals surface area (Å²) < 4.78 is 10.8. The summed E-state index contributed by atoms with van der Waals surface area (Å²) in [6.07, 6.45) is 2.05. The highest BCUT2D eigenvalue weighted by atomic mass is 16.5. The molecule has 6 heteroatoms. The number of carbonyl (C=O) groups excluding carboxylic acids is 1. The summed E-state index contributed by atoms with van der Waals surface area (Å²) in [5.41, 5.74) is 1.08. The normalized spacial score (nSPS) is 26.5. The van der Waals surface area contributed by atoms with Crippen LogP contribution in [0.25, 0.3) is 0 Å². The molecule has 1 unspecified atom stereocenters. The molecule has 1 aromatic carbocycles. The molecule has 1 N–H and O–H groups in total. The zero-order chi connectivity index (χ0) is 17.1. The first-order valence-electron chi connectivity index (χ1n) is 8.40. The Bertz CT molecular complexity index is 617. The second-order valence-corrected chi connectivity index (χ2v) is 6.37. The number of carboxylic acid groups (broad SMARTS) is 1. The summed E-state index contributed by atoms with van der Waals surface area (Å²) in [7, 11) is 1.65. The molecule has 1 amide bonds. The molecule has 0 saturated carbocycles. The van der Waals surface area contributed by atoms with Crippen LogP contribution in [0.3, 0.4) is 0 Å². The van der Waals surface area contributed by atoms with Crippen molar-refractivity contribution in [3.05, 3.63) is 29.8 Å². The Morgan fingerprint density at radius 2 is 2.00 bits per heavy atom. The van der Waals surface area contributed by atoms with Crippen molar-refractivity contribution in [1.82, 2.24) is 4.90 Å². The van der Waals surface area contributed by atoms with E-state index in [-0.39, 0.29) is 11.9 Å². The molecule has 2 aliphatic rings. The average Bonchev–Trinajstić information content (AvgIpc) is 3.24. The van der Waals surface area contributed by atoms with E-state index in [1.54, 1.807) is 7.11 Å². The topological polar surface area (TPSA) is 76.1 Å². The Kier molecular flexibility index (Phi) is 5.04. The maximum atomic E-state index is 12.7. The Hall–Kier alpha value is -2.08. The molecule has 2 aliphatic heterocycles. The minimum atomic E-state index is -0.989. The van der Waals surface area contributed by atoms with E-state index in [1.165, 1.54) is 0 Å². The summed E-state index contributed by atoms with van der Waals surface area (Å²) in [4.78, 5) is 25.6. The SMILES string of the molecule is COc1ccccc1CC1CCCN1C(=O)[C@@H]1CC[C@H](C(=O)O)O1. The molecule has 2 fully saturated rings. The second-order valence-electron chi connectivity index (χ2n) is 6.37. The maximum Gasteiger partial charge on any atom is 0.332 e. The molecule has 24 heavy (non-hydrogen) atoms. The number of aliphatic carboxylic acids is 1. The predicted molar refractivity (Wildman–Crippen MR) is 87.0 cm³/mol. The monoisotopic (exact) mass is 333 g/mol. The number of amides is 1. The molecule has 3 rings (SSSR count). The largest absolute Gasteiger partial charge is 0.496 e. The molecule has 0 aromatic heterocycles. The van der Waals surface area contributed by atoms with Gasteiger partial charge in [-0.05, 0) is 43.7 Å². The van der Waals surface area contributed by atoms with Crippen molar-refractivity contribution < 1.29 is 24.2 Å². The van der Waals surface area contributed by atoms with Gasteiger partial charge in [-0.1, -0.05) is 18.2 Å². The van der Waals surface area contributed by atoms with E-state index < -0.39 is 18.2 Å². The maximum absolute atomic E-state index is 12.7. The highest BCUT2D eigenvalue weighted by molar-refractivity contribution is 5.83. The Labute approximate surface area is 141 Å². The van der Waals surface area contributed by atoms with Crippen LogP contribution < -0.4 is 4.74 Å². The van der Waals surface area contributed by atoms with Crippen molar-refractivity contribution in [2.24, 2.45) is 0 Å². The Balaban J connectivity index is 1.67. The third-order valence-electron chi connectivity index (χ3n) is 4.88. The number of likely N-dealkylation sites (tertiary alicyclic amines) is 1. The van der Waals surface area contributed by atoms with E-state index in [4.69, 9.17) is 14.6 Å². The van der Waals surface area contributed by atoms with Gasteiger partial charge in [-0.25, -0.2) is 4.79 Å². The van der Waals surface area contributed by atoms with Crippen molar-refractivity contribution >= 4 is 11.9 Å². The van der Waals surface area contributed by atoms with E-state index in [9.17, 15) is 9.59 Å². The van der Waals surface area contributed by atoms with Gasteiger partial charge in [0.15, 0.2) is 6.10 Å². The van der Waals surface area contributed by atoms with Crippen molar-refractivity contribution in [3.8, 4) is 5.75 Å². The van der Waals surface area contributed by atoms with Crippen LogP contribution in [0.2, 0.25) is 0 Å². The van der Waals surface area contributed by atoms with Crippen molar-refractivity contribution in [1.29, 1.82) is 0 Å². The number of methoxy groups -OCH3 is 1. The fourth-order valence-electron chi connectivity index (χ4n) is 3.65. The molecular formula is C18H23NO5. The molecule has 0 bridgehead atoms. The summed E-state index contributed by atoms with van der Waals surface area (Å²) >= 11 is 0. The molecule has 130 valence electrons. The number of carbonyl (C=O) groups is 2. The lowest BCUT2D eigenvalue weighted by atomic mass is 10.0. The number of ether oxygens (including phenoxy) is 2. The first-order valence-corrected chi connectivity index (χ1v) is 8.40. The van der Waals surface area contributed by atoms with Crippen molar-refractivity contribution in [2.45, 2.75) is 50.4 Å². The molecule has 0 spiro atoms. The number of para-hydroxylation sites is 1. The number of nitrogens with zero attached hydrogens (tertiary/aromatic N) is 1. The van der Waals surface area contributed by atoms with Gasteiger partial charge in [-0.15, -0.1) is 0 Å². The summed E-state index contributed by atoms with van der Waals surface area (Å²) in [5.74, 6) is -0.228. The van der Waals surface area contributed by atoms with E-state index in [0.29, 0.717) is 19.4 Å². The van der Waals surface area contributed by atoms with Gasteiger partial charge >= 0.3 is 5.97 Å². The quantitative estimate of drug-likeness (QED) is 0.890. The van der Waals surface area contributed by atoms with E-state index >= 15 is 0 Å². The second kappa shape index (κ2) is 7.21. The van der Waals surface area contributed by atoms with Gasteiger partial charge in [0, 0.05) is 12.6 Å². The predicted octanol–water partition coefficient (Wildman–Crippen LogP) is 1.86. The Morgan fingerprint density at radius 1 is 1.25 bits per heavy atom. The highest BCUT2D eigenvalue weighted by Crippen LogP contribution is 2.29. The van der Waals surface area contributed by atoms with Gasteiger partial charge < -0.3 is 19.5 Å². The van der Waals surface area contributed by atoms with Crippen LogP contribution in [-0.4, -0.2) is 53.8 Å². The number of benzene rings is 1. The van der Waals surface area contributed by atoms with Gasteiger partial charge in [-0.3, -0.25) is 4.79 Å². The van der Waals surface area contributed by atoms with E-state index in [1.807, 2.05) is 29.2 Å². The van der Waals surface area contributed by atoms with Gasteiger partial charge in [0.25, 0.3) is 5.91 Å². The molecule has 0 radical (unpaired) electrons. The first-order chi connectivity index (χ1) is 11.6. The lowest BCUT2D eigenvalue weighted by molar-refractivity contribution is -0.155. The third kappa shape index (κ3) is 3.38. The summed E-state index contributed by atoms with van der Waals surface area (Å²) in [5, 5.41) is 9.02. The van der Waals surface area contributed by atoms with Crippen LogP contribution in [0.5, 0.6) is 5.75 Å². The van der Waals surface area contributed by atoms with E-state index in [0.717, 1.165) is 30.6 Å². The van der Waals surface area contributed by atoms with Gasteiger partial charge in [0.05, 0.1) is 7.11 Å². The van der Waals surface area contributed by atoms with Crippen LogP contribution in [0.15, 0.2) is 24.3 Å². The number of rotatable bonds is 5. The summed E-state index contributed by atoms with van der Waals surface area (Å²) in [6.45, 7) is 0.705. The molecule has 2 saturated heterocycles. The zero-order valence-corrected chi connectivity index (χ0v) is 13.8. The van der Waals surface area contributed by atoms with Crippen LogP contribution in [-0.2, 0) is 20.7 Å². The standard InChI is InChI=1S/C18H23NO5/c1-23-14-7-3-2-5-12(14)11-13-6-4-10-19(13)17(20)15-8-9-16(24-15)18(21)22/h2-3,5,7,13,15-16H,4,6,8-11H2,1H3,(H,21,22)/t13?,15-,16+/m0/s1. The molecular weight excluding hydrogens is 310 g/mol. The lowest BCUT2D eigenvalue weighted by Gasteiger charge is -2.27. The first kappa shape index (κ1) is 16.8. The van der Waals surface area contributed by atoms with Gasteiger partial charge in [-0.2, -0.15) is 0 Å². The fourth-order valence-corrected chi connectivity index (χ4v) is 3.65. The highest BCUT2D eigenvalue weighted by Gasteiger charge is 2.40. The smallest absolute Gasteiger partial charge is 0.332 e. The van der Waals surface area contributed by atoms with Crippen LogP contribution in [0, 0.1) is 0 Å². The minimum Gasteiger partial charge on any atom is -0.496 e. The average molecular weight is 333 g/mol. The van der Waals surface area contributed by atoms with Crippen molar-refractivity contribution in [3.63, 3.8) is 0 Å². The molecule has 6 nitrogen and oxygen atoms in total. The molecule has 0 aliphatic carbocycles. The van der Waals surface area contributed by atoms with Gasteiger partial charge in [0.1, 0.15) is 11.9 Å². The molecule has 1 aromatic rings. The van der Waals surface area contributed by atoms with E-state index in [2.05, 4.69) is 0 Å². The summed E-state index contributed by atoms with van der Waals surface area (Å²) in [6, 6.07) is 7.95. The van der Waals surface area contributed by atoms with Crippen molar-refractivity contribution in [2.75, 3.05) is 13.7 Å². The van der Waals surface area contributed by atoms with Gasteiger partial charge in [0.2, 0.25) is 0 Å². The van der Waals surface area contributed by atoms with Crippen LogP contribution in [0.4, 0.5) is 0 Å². The number of carboxylic acids is 1. The van der Waals surface area contributed by atoms with Crippen LogP contribution >= 0.6 is 0 Å². The molecule has 3 atom stereocenters. The fraction of sp³-hybridized carbons (Fsp3) is 0.556. The zero-order valence-electron chi connectivity index (χ0n) is 13.8. The number of hydrogen-bond donors (Lipinski definition) is 1. The third-order valence-corrected chi connectivity index (χ3v) is 4.88.